The van der Waals surface area contributed by atoms with Gasteiger partial charge in [-0.2, -0.15) is 0 Å². The van der Waals surface area contributed by atoms with E-state index in [0.717, 1.165) is 50.7 Å². The van der Waals surface area contributed by atoms with Crippen LogP contribution in [0.2, 0.25) is 0 Å². The summed E-state index contributed by atoms with van der Waals surface area (Å²) >= 11 is 0. The maximum atomic E-state index is 12.0. The van der Waals surface area contributed by atoms with E-state index in [1.165, 1.54) is 0 Å². The molecule has 1 aliphatic heterocycles. The van der Waals surface area contributed by atoms with Crippen molar-refractivity contribution in [3.05, 3.63) is 11.8 Å². The molecular formula is C14H24N4O2. The number of nitrogens with one attached hydrogen (secondary N) is 1. The van der Waals surface area contributed by atoms with Gasteiger partial charge in [-0.15, -0.1) is 0 Å². The van der Waals surface area contributed by atoms with Gasteiger partial charge in [-0.1, -0.05) is 19.0 Å². The van der Waals surface area contributed by atoms with E-state index in [1.54, 1.807) is 0 Å². The summed E-state index contributed by atoms with van der Waals surface area (Å²) < 4.78 is 5.08. The predicted molar refractivity (Wildman–Crippen MR) is 77.9 cm³/mol. The number of anilines is 1. The zero-order chi connectivity index (χ0) is 14.5. The highest BCUT2D eigenvalue weighted by Crippen LogP contribution is 2.15. The number of aromatic nitrogens is 1. The van der Waals surface area contributed by atoms with E-state index in [1.807, 2.05) is 17.9 Å². The van der Waals surface area contributed by atoms with Crippen LogP contribution in [-0.4, -0.2) is 48.8 Å². The second kappa shape index (κ2) is 6.63. The molecule has 6 heteroatoms. The van der Waals surface area contributed by atoms with Crippen LogP contribution in [0.15, 0.2) is 10.6 Å². The quantitative estimate of drug-likeness (QED) is 0.914. The Balaban J connectivity index is 1.75. The summed E-state index contributed by atoms with van der Waals surface area (Å²) in [6.45, 7) is 9.98. The van der Waals surface area contributed by atoms with Crippen LogP contribution >= 0.6 is 0 Å². The zero-order valence-corrected chi connectivity index (χ0v) is 12.6. The van der Waals surface area contributed by atoms with Gasteiger partial charge in [0.2, 0.25) is 0 Å². The summed E-state index contributed by atoms with van der Waals surface area (Å²) in [5, 5.41) is 6.99. The number of carbonyl (C=O) groups is 1. The lowest BCUT2D eigenvalue weighted by Crippen LogP contribution is -2.52. The number of carbonyl (C=O) groups excluding carboxylic acids is 1. The Labute approximate surface area is 120 Å². The fraction of sp³-hybridized carbons (Fsp3) is 0.714. The number of urea groups is 1. The van der Waals surface area contributed by atoms with Gasteiger partial charge in [-0.05, 0) is 19.3 Å². The van der Waals surface area contributed by atoms with E-state index < -0.39 is 0 Å². The topological polar surface area (TPSA) is 61.6 Å². The van der Waals surface area contributed by atoms with Crippen LogP contribution in [-0.2, 0) is 0 Å². The molecule has 1 aromatic rings. The normalized spacial score (nSPS) is 15.8. The maximum absolute atomic E-state index is 12.0. The molecular weight excluding hydrogens is 256 g/mol. The van der Waals surface area contributed by atoms with Crippen LogP contribution < -0.4 is 10.2 Å². The monoisotopic (exact) mass is 280 g/mol. The minimum atomic E-state index is 0.0432. The molecule has 0 spiro atoms. The van der Waals surface area contributed by atoms with E-state index in [-0.39, 0.29) is 6.03 Å². The molecule has 2 amide bonds. The summed E-state index contributed by atoms with van der Waals surface area (Å²) in [5.74, 6) is 2.29. The summed E-state index contributed by atoms with van der Waals surface area (Å²) in [5.41, 5.74) is 0. The van der Waals surface area contributed by atoms with Crippen LogP contribution in [0, 0.1) is 12.8 Å². The maximum Gasteiger partial charge on any atom is 0.317 e. The van der Waals surface area contributed by atoms with Crippen molar-refractivity contribution in [2.24, 2.45) is 5.92 Å². The standard InChI is InChI=1S/C14H24N4O2/c1-11(2)4-5-15-14(19)18-8-6-17(7-9-18)13-10-12(3)20-16-13/h10-11H,4-9H2,1-3H3,(H,15,19). The first-order chi connectivity index (χ1) is 9.56. The van der Waals surface area contributed by atoms with E-state index >= 15 is 0 Å². The number of amides is 2. The molecule has 0 radical (unpaired) electrons. The van der Waals surface area contributed by atoms with Crippen molar-refractivity contribution in [3.63, 3.8) is 0 Å². The van der Waals surface area contributed by atoms with E-state index in [2.05, 4.69) is 29.2 Å². The minimum absolute atomic E-state index is 0.0432. The Morgan fingerprint density at radius 1 is 1.40 bits per heavy atom. The smallest absolute Gasteiger partial charge is 0.317 e. The Bertz CT molecular complexity index is 436. The molecule has 0 atom stereocenters. The third kappa shape index (κ3) is 3.88. The lowest BCUT2D eigenvalue weighted by molar-refractivity contribution is 0.193. The molecule has 0 aromatic carbocycles. The molecule has 20 heavy (non-hydrogen) atoms. The number of nitrogens with zero attached hydrogens (tertiary/aromatic N) is 3. The Kier molecular flexibility index (Phi) is 4.87. The molecule has 1 aromatic heterocycles. The molecule has 0 saturated carbocycles. The molecule has 2 heterocycles. The van der Waals surface area contributed by atoms with E-state index in [9.17, 15) is 4.79 Å². The molecule has 1 fully saturated rings. The molecule has 2 rings (SSSR count). The fourth-order valence-electron chi connectivity index (χ4n) is 2.22. The number of aryl methyl sites for hydroxylation is 1. The third-order valence-corrected chi connectivity index (χ3v) is 3.50. The Morgan fingerprint density at radius 3 is 2.65 bits per heavy atom. The molecule has 0 unspecified atom stereocenters. The van der Waals surface area contributed by atoms with Gasteiger partial charge in [-0.25, -0.2) is 4.79 Å². The van der Waals surface area contributed by atoms with E-state index in [0.29, 0.717) is 5.92 Å². The molecule has 1 N–H and O–H groups in total. The summed E-state index contributed by atoms with van der Waals surface area (Å²) in [4.78, 5) is 16.0. The van der Waals surface area contributed by atoms with Crippen LogP contribution in [0.4, 0.5) is 10.6 Å². The van der Waals surface area contributed by atoms with Crippen LogP contribution in [0.1, 0.15) is 26.0 Å². The summed E-state index contributed by atoms with van der Waals surface area (Å²) in [7, 11) is 0. The van der Waals surface area contributed by atoms with Crippen molar-refractivity contribution >= 4 is 11.8 Å². The predicted octanol–water partition coefficient (Wildman–Crippen LogP) is 1.86. The number of hydrogen-bond acceptors (Lipinski definition) is 4. The second-order valence-electron chi connectivity index (χ2n) is 5.68. The second-order valence-corrected chi connectivity index (χ2v) is 5.68. The molecule has 1 saturated heterocycles. The first-order valence-corrected chi connectivity index (χ1v) is 7.27. The van der Waals surface area contributed by atoms with Crippen molar-refractivity contribution in [2.75, 3.05) is 37.6 Å². The highest BCUT2D eigenvalue weighted by Gasteiger charge is 2.22. The van der Waals surface area contributed by atoms with Gasteiger partial charge >= 0.3 is 6.03 Å². The number of rotatable bonds is 4. The Morgan fingerprint density at radius 2 is 2.10 bits per heavy atom. The minimum Gasteiger partial charge on any atom is -0.360 e. The summed E-state index contributed by atoms with van der Waals surface area (Å²) in [6, 6.07) is 1.97. The molecule has 6 nitrogen and oxygen atoms in total. The van der Waals surface area contributed by atoms with Gasteiger partial charge in [0, 0.05) is 38.8 Å². The SMILES string of the molecule is Cc1cc(N2CCN(C(=O)NCCC(C)C)CC2)no1. The molecule has 0 bridgehead atoms. The van der Waals surface area contributed by atoms with Gasteiger partial charge in [-0.3, -0.25) is 0 Å². The molecule has 1 aliphatic rings. The third-order valence-electron chi connectivity index (χ3n) is 3.50. The lowest BCUT2D eigenvalue weighted by Gasteiger charge is -2.34. The van der Waals surface area contributed by atoms with Gasteiger partial charge < -0.3 is 19.6 Å². The van der Waals surface area contributed by atoms with Crippen molar-refractivity contribution < 1.29 is 9.32 Å². The largest absolute Gasteiger partial charge is 0.360 e. The first-order valence-electron chi connectivity index (χ1n) is 7.27. The number of hydrogen-bond donors (Lipinski definition) is 1. The van der Waals surface area contributed by atoms with Crippen LogP contribution in [0.25, 0.3) is 0 Å². The highest BCUT2D eigenvalue weighted by atomic mass is 16.5. The molecule has 112 valence electrons. The fourth-order valence-corrected chi connectivity index (χ4v) is 2.22. The average molecular weight is 280 g/mol. The first kappa shape index (κ1) is 14.7. The van der Waals surface area contributed by atoms with Gasteiger partial charge in [0.1, 0.15) is 5.76 Å². The number of piperazine rings is 1. The summed E-state index contributed by atoms with van der Waals surface area (Å²) in [6.07, 6.45) is 1.02. The van der Waals surface area contributed by atoms with Crippen molar-refractivity contribution in [1.29, 1.82) is 0 Å². The lowest BCUT2D eigenvalue weighted by atomic mass is 10.1. The zero-order valence-electron chi connectivity index (χ0n) is 12.6. The van der Waals surface area contributed by atoms with Crippen molar-refractivity contribution in [3.8, 4) is 0 Å². The van der Waals surface area contributed by atoms with Gasteiger partial charge in [0.05, 0.1) is 0 Å². The highest BCUT2D eigenvalue weighted by molar-refractivity contribution is 5.74. The Hall–Kier alpha value is -1.72. The van der Waals surface area contributed by atoms with E-state index in [4.69, 9.17) is 4.52 Å². The van der Waals surface area contributed by atoms with Crippen LogP contribution in [0.3, 0.4) is 0 Å². The van der Waals surface area contributed by atoms with Gasteiger partial charge in [0.15, 0.2) is 5.82 Å². The molecule has 0 aliphatic carbocycles. The van der Waals surface area contributed by atoms with Crippen molar-refractivity contribution in [2.45, 2.75) is 27.2 Å². The van der Waals surface area contributed by atoms with Crippen LogP contribution in [0.5, 0.6) is 0 Å². The average Bonchev–Trinajstić information content (AvgIpc) is 2.85. The van der Waals surface area contributed by atoms with Gasteiger partial charge in [0.25, 0.3) is 0 Å². The van der Waals surface area contributed by atoms with Crippen molar-refractivity contribution in [1.82, 2.24) is 15.4 Å².